The van der Waals surface area contributed by atoms with Gasteiger partial charge in [-0.2, -0.15) is 5.10 Å². The fourth-order valence-corrected chi connectivity index (χ4v) is 13.3. The van der Waals surface area contributed by atoms with Gasteiger partial charge in [-0.05, 0) is 58.0 Å². The lowest BCUT2D eigenvalue weighted by molar-refractivity contribution is -0.160. The van der Waals surface area contributed by atoms with Gasteiger partial charge in [-0.25, -0.2) is 19.4 Å². The zero-order chi connectivity index (χ0) is 71.0. The van der Waals surface area contributed by atoms with Gasteiger partial charge in [0, 0.05) is 142 Å². The first kappa shape index (κ1) is 72.5. The number of aromatic hydroxyl groups is 3. The van der Waals surface area contributed by atoms with E-state index in [0.29, 0.717) is 31.7 Å². The summed E-state index contributed by atoms with van der Waals surface area (Å²) in [5, 5.41) is 76.0. The number of rotatable bonds is 8. The number of aliphatic hydroxyl groups is 2. The average Bonchev–Trinajstić information content (AvgIpc) is 1.66. The van der Waals surface area contributed by atoms with Crippen LogP contribution in [0, 0.1) is 41.8 Å². The number of phenols is 3. The summed E-state index contributed by atoms with van der Waals surface area (Å²) in [7, 11) is 3.42. The number of halogens is 3. The summed E-state index contributed by atoms with van der Waals surface area (Å²) in [4.78, 5) is 83.0. The molecule has 2 saturated heterocycles. The van der Waals surface area contributed by atoms with E-state index >= 15 is 4.39 Å². The normalized spacial score (nSPS) is 28.4. The molecule has 2 saturated carbocycles. The number of piperazine rings is 1. The number of carboxylic acid groups (broad SMARTS) is 1. The molecule has 5 aliphatic heterocycles. The first-order valence-corrected chi connectivity index (χ1v) is 32.1. The molecule has 2 aromatic heterocycles. The Bertz CT molecular complexity index is 4090. The second-order valence-electron chi connectivity index (χ2n) is 26.0. The number of Topliss-reactive ketones (excluding diaryl/α,β-unsaturated/α-hetero) is 1. The number of hydrogen-bond acceptors (Lipinski definition) is 22. The minimum absolute atomic E-state index is 0.00645. The van der Waals surface area contributed by atoms with E-state index in [2.05, 4.69) is 20.3 Å². The molecule has 522 valence electrons. The van der Waals surface area contributed by atoms with Crippen molar-refractivity contribution >= 4 is 80.4 Å². The highest BCUT2D eigenvalue weighted by molar-refractivity contribution is 6.38. The van der Waals surface area contributed by atoms with Gasteiger partial charge in [0.2, 0.25) is 5.43 Å². The molecule has 7 heterocycles. The van der Waals surface area contributed by atoms with Crippen molar-refractivity contribution in [3.8, 4) is 23.0 Å². The van der Waals surface area contributed by atoms with E-state index in [1.807, 2.05) is 12.5 Å². The number of hydrazine groups is 1. The quantitative estimate of drug-likeness (QED) is 0.0146. The number of aromatic carboxylic acids is 1. The van der Waals surface area contributed by atoms with Gasteiger partial charge in [0.15, 0.2) is 5.75 Å². The highest BCUT2D eigenvalue weighted by atomic mass is 35.5. The Balaban J connectivity index is 0.000000235. The van der Waals surface area contributed by atoms with Gasteiger partial charge in [-0.15, -0.1) is 0 Å². The molecule has 12 atom stereocenters. The van der Waals surface area contributed by atoms with Gasteiger partial charge in [0.1, 0.15) is 40.9 Å². The van der Waals surface area contributed by atoms with Crippen molar-refractivity contribution in [2.45, 2.75) is 123 Å². The van der Waals surface area contributed by atoms with Gasteiger partial charge in [-0.3, -0.25) is 39.4 Å². The number of pyridine rings is 2. The number of aromatic nitrogens is 2. The van der Waals surface area contributed by atoms with E-state index in [4.69, 9.17) is 42.1 Å². The van der Waals surface area contributed by atoms with Crippen LogP contribution in [0.15, 0.2) is 82.8 Å². The van der Waals surface area contributed by atoms with Gasteiger partial charge in [-0.1, -0.05) is 57.5 Å². The number of allylic oxidation sites excluding steroid dienone is 2. The number of hydrogen-bond donors (Lipinski definition) is 10. The van der Waals surface area contributed by atoms with Crippen molar-refractivity contribution in [1.82, 2.24) is 24.9 Å². The molecule has 97 heavy (non-hydrogen) atoms. The summed E-state index contributed by atoms with van der Waals surface area (Å²) in [5.41, 5.74) is 7.32. The van der Waals surface area contributed by atoms with Gasteiger partial charge in [0.25, 0.3) is 17.6 Å². The minimum atomic E-state index is -2.04. The van der Waals surface area contributed by atoms with Crippen molar-refractivity contribution in [2.24, 2.45) is 45.8 Å². The predicted octanol–water partition coefficient (Wildman–Crippen LogP) is 6.72. The SMILES string of the molecule is CO[C@H]1/C=C/O[C@@]2(C)Oc3c(C)c(O)c4c(O)c(c(/C=N\N5CCN(C)CC5)c(O)c4c3C2=O)NC(=O)/C(C)=C\C=C\[C@H](C)[C@H](O)[C@@H](C)[C@@H](O)[C@@H](C)[C@H](OC(C)=O)[C@@H]1C.NNC(=O)c1ccncc1.N[C@@H]1CN(c2c(F)cc3c(=O)c(C(=O)O)cn([C@@H]4C[C@@H]4F)c3c2Cl)CC12CC2. The summed E-state index contributed by atoms with van der Waals surface area (Å²) in [5.74, 6) is -5.92. The van der Waals surface area contributed by atoms with Crippen LogP contribution in [0.1, 0.15) is 116 Å². The van der Waals surface area contributed by atoms with Gasteiger partial charge < -0.3 is 75.0 Å². The molecule has 12 rings (SSSR count). The Labute approximate surface area is 562 Å². The molecule has 2 amide bonds. The lowest BCUT2D eigenvalue weighted by Gasteiger charge is -2.38. The van der Waals surface area contributed by atoms with Crippen molar-refractivity contribution in [1.29, 1.82) is 0 Å². The monoisotopic (exact) mass is 1370 g/mol. The molecule has 29 heteroatoms. The Morgan fingerprint density at radius 3 is 2.21 bits per heavy atom. The molecule has 7 aliphatic rings. The zero-order valence-electron chi connectivity index (χ0n) is 55.4. The third-order valence-electron chi connectivity index (χ3n) is 19.3. The largest absolute Gasteiger partial charge is 0.507 e. The van der Waals surface area contributed by atoms with Crippen LogP contribution in [0.2, 0.25) is 5.02 Å². The van der Waals surface area contributed by atoms with Crippen LogP contribution in [0.3, 0.4) is 0 Å². The minimum Gasteiger partial charge on any atom is -0.507 e. The summed E-state index contributed by atoms with van der Waals surface area (Å²) in [6, 6.07) is 3.48. The number of nitrogens with one attached hydrogen (secondary N) is 2. The average molecular weight is 1370 g/mol. The van der Waals surface area contributed by atoms with Crippen molar-refractivity contribution < 1.29 is 82.3 Å². The van der Waals surface area contributed by atoms with Crippen molar-refractivity contribution in [2.75, 3.05) is 63.6 Å². The van der Waals surface area contributed by atoms with E-state index in [-0.39, 0.29) is 89.9 Å². The molecular formula is C68H83ClF2N10O16. The number of nitrogen functional groups attached to an aromatic ring is 1. The first-order chi connectivity index (χ1) is 45.8. The van der Waals surface area contributed by atoms with Crippen molar-refractivity contribution in [3.63, 3.8) is 0 Å². The summed E-state index contributed by atoms with van der Waals surface area (Å²) in [6.45, 7) is 16.1. The molecule has 5 bridgehead atoms. The van der Waals surface area contributed by atoms with E-state index in [9.17, 15) is 63.8 Å². The number of carbonyl (C=O) groups excluding carboxylic acids is 4. The standard InChI is InChI=1S/C43H58N4O12.C19H18ClF2N3O3.C6H7N3O/c1-21-12-11-13-22(2)42(55)45-33-28(20-44-47-17-15-46(9)16-18-47)37(52)30-31(38(33)53)36(51)26(6)40-32(30)41(54)43(8,59-40)57-19-14-29(56-10)23(3)39(58-27(7)48)25(5)35(50)24(4)34(21)49;20-14-15-8(17(26)9(18(27)28)5-25(15)12-4-10(12)21)3-11(22)16(14)24-6-13(23)19(7-24)1-2-19;7-9-6(10)5-1-3-8-4-2-5/h11-14,19-21,23-25,29,34-35,39,49-53H,15-18H2,1-10H3,(H,45,55);3,5,10,12-13H,1-2,4,6-7,23H2,(H,27,28);1-4H,7H2,(H,9,10)/b12-11+,19-14+,22-13-,44-20-;;/t21-,23+,24+,25+,29-,34-,35+,39+,43-;10-,12+,13+;/m00./s1. The number of carbonyl (C=O) groups is 5. The van der Waals surface area contributed by atoms with Crippen LogP contribution in [0.5, 0.6) is 23.0 Å². The summed E-state index contributed by atoms with van der Waals surface area (Å²) < 4.78 is 53.8. The fraction of sp³-hybridized carbons (Fsp3) is 0.471. The third kappa shape index (κ3) is 14.6. The molecule has 12 N–H and O–H groups in total. The predicted molar refractivity (Wildman–Crippen MR) is 357 cm³/mol. The molecule has 1 spiro atoms. The number of ketones is 1. The Hall–Kier alpha value is -8.77. The fourth-order valence-electron chi connectivity index (χ4n) is 12.9. The lowest BCUT2D eigenvalue weighted by atomic mass is 9.78. The second kappa shape index (κ2) is 29.1. The number of hydrazone groups is 1. The van der Waals surface area contributed by atoms with E-state index in [1.165, 1.54) is 76.4 Å². The maximum atomic E-state index is 15.0. The summed E-state index contributed by atoms with van der Waals surface area (Å²) in [6.07, 6.45) is 10.0. The number of alkyl halides is 1. The van der Waals surface area contributed by atoms with E-state index in [0.717, 1.165) is 38.2 Å². The van der Waals surface area contributed by atoms with Gasteiger partial charge >= 0.3 is 17.7 Å². The molecule has 5 aromatic rings. The number of carboxylic acids is 1. The number of aliphatic hydroxyl groups excluding tert-OH is 2. The molecule has 26 nitrogen and oxygen atoms in total. The topological polar surface area (TPSA) is 377 Å². The first-order valence-electron chi connectivity index (χ1n) is 31.7. The number of nitrogens with two attached hydrogens (primary N) is 2. The molecule has 0 radical (unpaired) electrons. The summed E-state index contributed by atoms with van der Waals surface area (Å²) >= 11 is 6.56. The lowest BCUT2D eigenvalue weighted by Crippen LogP contribution is -2.46. The molecule has 2 aliphatic carbocycles. The number of ether oxygens (including phenoxy) is 4. The molecular weight excluding hydrogens is 1290 g/mol. The third-order valence-corrected chi connectivity index (χ3v) is 19.7. The Kier molecular flexibility index (Phi) is 21.8. The van der Waals surface area contributed by atoms with Crippen LogP contribution in [0.4, 0.5) is 20.2 Å². The number of anilines is 2. The number of nitrogens with zero attached hydrogens (tertiary/aromatic N) is 6. The van der Waals surface area contributed by atoms with Crippen molar-refractivity contribution in [3.05, 3.63) is 122 Å². The van der Waals surface area contributed by atoms with Crippen LogP contribution in [-0.2, 0) is 23.8 Å². The second-order valence-corrected chi connectivity index (χ2v) is 26.4. The molecule has 4 fully saturated rings. The number of likely N-dealkylation sites (N-methyl/N-ethyl adjacent to an activating group) is 1. The molecule has 0 unspecified atom stereocenters. The van der Waals surface area contributed by atoms with Crippen LogP contribution < -0.4 is 37.4 Å². The maximum absolute atomic E-state index is 15.0. The number of phenolic OH excluding ortho intramolecular Hbond substituents is 3. The highest BCUT2D eigenvalue weighted by Gasteiger charge is 2.55. The Morgan fingerprint density at radius 2 is 1.62 bits per heavy atom. The number of amides is 2. The van der Waals surface area contributed by atoms with E-state index in [1.54, 1.807) is 61.9 Å². The maximum Gasteiger partial charge on any atom is 0.341 e. The zero-order valence-corrected chi connectivity index (χ0v) is 56.1. The van der Waals surface area contributed by atoms with Crippen LogP contribution >= 0.6 is 11.6 Å². The number of fused-ring (bicyclic) bond motifs is 15. The van der Waals surface area contributed by atoms with Gasteiger partial charge in [0.05, 0.1) is 80.6 Å². The Morgan fingerprint density at radius 1 is 0.959 bits per heavy atom. The van der Waals surface area contributed by atoms with Crippen LogP contribution in [0.25, 0.3) is 21.7 Å². The highest BCUT2D eigenvalue weighted by Crippen LogP contribution is 2.56. The number of methoxy groups -OCH3 is 1. The van der Waals surface area contributed by atoms with Crippen LogP contribution in [-0.4, -0.2) is 182 Å². The number of esters is 1. The smallest absolute Gasteiger partial charge is 0.341 e. The molecule has 3 aromatic carbocycles. The van der Waals surface area contributed by atoms with E-state index < -0.39 is 124 Å². The number of benzene rings is 3.